The fourth-order valence-corrected chi connectivity index (χ4v) is 3.31. The first-order chi connectivity index (χ1) is 16.1. The van der Waals surface area contributed by atoms with Crippen molar-refractivity contribution in [3.05, 3.63) is 78.6 Å². The van der Waals surface area contributed by atoms with Gasteiger partial charge in [-0.25, -0.2) is 4.79 Å². The number of para-hydroxylation sites is 3. The van der Waals surface area contributed by atoms with Crippen LogP contribution in [0.3, 0.4) is 0 Å². The summed E-state index contributed by atoms with van der Waals surface area (Å²) < 4.78 is 16.7. The quantitative estimate of drug-likeness (QED) is 0.579. The van der Waals surface area contributed by atoms with E-state index >= 15 is 0 Å². The highest BCUT2D eigenvalue weighted by Gasteiger charge is 2.33. The van der Waals surface area contributed by atoms with Crippen molar-refractivity contribution in [2.24, 2.45) is 0 Å². The number of esters is 1. The number of pyridine rings is 1. The van der Waals surface area contributed by atoms with E-state index in [9.17, 15) is 14.4 Å². The maximum atomic E-state index is 13.0. The van der Waals surface area contributed by atoms with E-state index in [-0.39, 0.29) is 23.8 Å². The van der Waals surface area contributed by atoms with Crippen LogP contribution in [-0.2, 0) is 14.3 Å². The van der Waals surface area contributed by atoms with Crippen LogP contribution in [0.4, 0.5) is 5.69 Å². The van der Waals surface area contributed by atoms with Crippen LogP contribution >= 0.6 is 0 Å². The van der Waals surface area contributed by atoms with Crippen LogP contribution in [0, 0.1) is 0 Å². The number of rotatable bonds is 6. The number of amides is 2. The van der Waals surface area contributed by atoms with Gasteiger partial charge in [-0.2, -0.15) is 0 Å². The van der Waals surface area contributed by atoms with Gasteiger partial charge in [-0.15, -0.1) is 0 Å². The minimum atomic E-state index is -0.877. The first-order valence-corrected chi connectivity index (χ1v) is 10.2. The van der Waals surface area contributed by atoms with Crippen LogP contribution in [0.15, 0.2) is 73.1 Å². The number of fused-ring (bicyclic) bond motifs is 1. The summed E-state index contributed by atoms with van der Waals surface area (Å²) in [5.41, 5.74) is 0.666. The molecule has 9 nitrogen and oxygen atoms in total. The lowest BCUT2D eigenvalue weighted by Crippen LogP contribution is -2.51. The van der Waals surface area contributed by atoms with Crippen molar-refractivity contribution in [3.8, 4) is 17.2 Å². The van der Waals surface area contributed by atoms with Gasteiger partial charge in [0.25, 0.3) is 11.8 Å². The van der Waals surface area contributed by atoms with Crippen LogP contribution in [-0.4, -0.2) is 49.1 Å². The highest BCUT2D eigenvalue weighted by atomic mass is 16.5. The molecular formula is C24H21N3O6. The molecule has 0 fully saturated rings. The number of nitrogens with one attached hydrogen (secondary N) is 1. The van der Waals surface area contributed by atoms with Gasteiger partial charge in [-0.3, -0.25) is 14.6 Å². The maximum absolute atomic E-state index is 13.0. The van der Waals surface area contributed by atoms with Crippen molar-refractivity contribution >= 4 is 23.5 Å². The summed E-state index contributed by atoms with van der Waals surface area (Å²) in [5, 5.41) is 2.52. The summed E-state index contributed by atoms with van der Waals surface area (Å²) in [6, 6.07) is 16.8. The molecule has 1 aromatic heterocycles. The monoisotopic (exact) mass is 447 g/mol. The summed E-state index contributed by atoms with van der Waals surface area (Å²) >= 11 is 0. The van der Waals surface area contributed by atoms with E-state index in [0.29, 0.717) is 17.2 Å². The third-order valence-electron chi connectivity index (χ3n) is 4.91. The number of ether oxygens (including phenoxy) is 3. The highest BCUT2D eigenvalue weighted by molar-refractivity contribution is 6.00. The van der Waals surface area contributed by atoms with Crippen LogP contribution in [0.2, 0.25) is 0 Å². The minimum Gasteiger partial charge on any atom is -0.477 e. The lowest BCUT2D eigenvalue weighted by molar-refractivity contribution is -0.128. The van der Waals surface area contributed by atoms with E-state index in [1.807, 2.05) is 0 Å². The first kappa shape index (κ1) is 21.8. The molecule has 4 rings (SSSR count). The number of nitrogens with zero attached hydrogens (tertiary/aromatic N) is 2. The molecule has 0 saturated carbocycles. The van der Waals surface area contributed by atoms with E-state index in [1.165, 1.54) is 18.1 Å². The average molecular weight is 447 g/mol. The predicted molar refractivity (Wildman–Crippen MR) is 118 cm³/mol. The molecule has 2 heterocycles. The number of carbonyl (C=O) groups is 3. The second-order valence-electron chi connectivity index (χ2n) is 7.06. The number of anilines is 1. The summed E-state index contributed by atoms with van der Waals surface area (Å²) in [7, 11) is 1.49. The van der Waals surface area contributed by atoms with Crippen molar-refractivity contribution in [3.63, 3.8) is 0 Å². The fourth-order valence-electron chi connectivity index (χ4n) is 3.31. The molecule has 2 amide bonds. The summed E-state index contributed by atoms with van der Waals surface area (Å²) in [6.45, 7) is -0.525. The zero-order valence-electron chi connectivity index (χ0n) is 17.8. The average Bonchev–Trinajstić information content (AvgIpc) is 2.86. The van der Waals surface area contributed by atoms with E-state index in [0.717, 1.165) is 0 Å². The number of aromatic nitrogens is 1. The van der Waals surface area contributed by atoms with Crippen LogP contribution < -0.4 is 19.7 Å². The Bertz CT molecular complexity index is 1170. The Labute approximate surface area is 189 Å². The summed E-state index contributed by atoms with van der Waals surface area (Å²) in [6.07, 6.45) is 2.25. The zero-order chi connectivity index (χ0) is 23.2. The van der Waals surface area contributed by atoms with Gasteiger partial charge in [0.15, 0.2) is 12.7 Å². The number of likely N-dealkylation sites (N-methyl/N-ethyl adjacent to an activating group) is 1. The molecule has 1 aliphatic rings. The van der Waals surface area contributed by atoms with Gasteiger partial charge < -0.3 is 24.4 Å². The SMILES string of the molecule is CNC(=O)C1CN(C(=O)COC(=O)c2ccccc2Oc2cccnc2)c2ccccc2O1. The largest absolute Gasteiger partial charge is 0.477 e. The van der Waals surface area contributed by atoms with Crippen molar-refractivity contribution in [1.29, 1.82) is 0 Å². The smallest absolute Gasteiger partial charge is 0.342 e. The first-order valence-electron chi connectivity index (χ1n) is 10.2. The molecule has 0 saturated heterocycles. The molecule has 2 aromatic carbocycles. The van der Waals surface area contributed by atoms with E-state index < -0.39 is 24.6 Å². The number of benzene rings is 2. The molecule has 168 valence electrons. The van der Waals surface area contributed by atoms with Gasteiger partial charge in [-0.1, -0.05) is 24.3 Å². The van der Waals surface area contributed by atoms with Crippen molar-refractivity contribution in [2.75, 3.05) is 25.1 Å². The molecule has 1 aliphatic heterocycles. The standard InChI is InChI=1S/C24H21N3O6/c1-25-23(29)21-14-27(18-9-3-5-11-20(18)33-21)22(28)15-31-24(30)17-8-2-4-10-19(17)32-16-7-6-12-26-13-16/h2-13,21H,14-15H2,1H3,(H,25,29). The lowest BCUT2D eigenvalue weighted by atomic mass is 10.1. The Hall–Kier alpha value is -4.40. The Balaban J connectivity index is 1.47. The number of carbonyl (C=O) groups excluding carboxylic acids is 3. The second-order valence-corrected chi connectivity index (χ2v) is 7.06. The Morgan fingerprint density at radius 2 is 1.88 bits per heavy atom. The Morgan fingerprint density at radius 3 is 2.67 bits per heavy atom. The third-order valence-corrected chi connectivity index (χ3v) is 4.91. The highest BCUT2D eigenvalue weighted by Crippen LogP contribution is 2.33. The Morgan fingerprint density at radius 1 is 1.09 bits per heavy atom. The third kappa shape index (κ3) is 4.93. The van der Waals surface area contributed by atoms with E-state index in [1.54, 1.807) is 66.9 Å². The van der Waals surface area contributed by atoms with Crippen molar-refractivity contribution in [2.45, 2.75) is 6.10 Å². The molecule has 0 bridgehead atoms. The van der Waals surface area contributed by atoms with Crippen molar-refractivity contribution < 1.29 is 28.6 Å². The van der Waals surface area contributed by atoms with Gasteiger partial charge in [0.05, 0.1) is 18.4 Å². The van der Waals surface area contributed by atoms with Crippen LogP contribution in [0.5, 0.6) is 17.2 Å². The molecule has 0 spiro atoms. The molecule has 0 aliphatic carbocycles. The van der Waals surface area contributed by atoms with E-state index in [4.69, 9.17) is 14.2 Å². The lowest BCUT2D eigenvalue weighted by Gasteiger charge is -2.33. The molecule has 1 atom stereocenters. The molecule has 0 radical (unpaired) electrons. The van der Waals surface area contributed by atoms with Gasteiger partial charge in [0, 0.05) is 13.2 Å². The van der Waals surface area contributed by atoms with Gasteiger partial charge in [0.1, 0.15) is 22.8 Å². The van der Waals surface area contributed by atoms with Gasteiger partial charge in [0.2, 0.25) is 0 Å². The number of hydrogen-bond donors (Lipinski definition) is 1. The predicted octanol–water partition coefficient (Wildman–Crippen LogP) is 2.57. The Kier molecular flexibility index (Phi) is 6.49. The molecular weight excluding hydrogens is 426 g/mol. The molecule has 1 unspecified atom stereocenters. The molecule has 9 heteroatoms. The summed E-state index contributed by atoms with van der Waals surface area (Å²) in [5.74, 6) is -0.433. The van der Waals surface area contributed by atoms with Crippen LogP contribution in [0.1, 0.15) is 10.4 Å². The second kappa shape index (κ2) is 9.82. The fraction of sp³-hybridized carbons (Fsp3) is 0.167. The molecule has 3 aromatic rings. The summed E-state index contributed by atoms with van der Waals surface area (Å²) in [4.78, 5) is 43.1. The topological polar surface area (TPSA) is 107 Å². The van der Waals surface area contributed by atoms with E-state index in [2.05, 4.69) is 10.3 Å². The van der Waals surface area contributed by atoms with Gasteiger partial charge >= 0.3 is 5.97 Å². The normalized spacial score (nSPS) is 14.5. The van der Waals surface area contributed by atoms with Crippen molar-refractivity contribution in [1.82, 2.24) is 10.3 Å². The maximum Gasteiger partial charge on any atom is 0.342 e. The molecule has 33 heavy (non-hydrogen) atoms. The minimum absolute atomic E-state index is 0.00617. The zero-order valence-corrected chi connectivity index (χ0v) is 17.8. The van der Waals surface area contributed by atoms with Gasteiger partial charge in [-0.05, 0) is 36.4 Å². The number of hydrogen-bond acceptors (Lipinski definition) is 7. The molecule has 1 N–H and O–H groups in total. The van der Waals surface area contributed by atoms with Crippen LogP contribution in [0.25, 0.3) is 0 Å².